The average Bonchev–Trinajstić information content (AvgIpc) is 3.27. The van der Waals surface area contributed by atoms with Gasteiger partial charge in [0.05, 0.1) is 6.20 Å². The minimum atomic E-state index is -0.911. The average molecular weight is 384 g/mol. The van der Waals surface area contributed by atoms with Crippen molar-refractivity contribution in [2.45, 2.75) is 65.6 Å². The monoisotopic (exact) mass is 384 g/mol. The van der Waals surface area contributed by atoms with Gasteiger partial charge < -0.3 is 14.6 Å². The topological polar surface area (TPSA) is 78.2 Å². The van der Waals surface area contributed by atoms with E-state index in [2.05, 4.69) is 34.9 Å². The van der Waals surface area contributed by atoms with Crippen LogP contribution >= 0.6 is 0 Å². The highest BCUT2D eigenvalue weighted by Crippen LogP contribution is 2.38. The molecule has 0 aromatic carbocycles. The van der Waals surface area contributed by atoms with Gasteiger partial charge in [0.1, 0.15) is 5.82 Å². The van der Waals surface area contributed by atoms with E-state index in [0.717, 1.165) is 11.3 Å². The maximum absolute atomic E-state index is 12.3. The summed E-state index contributed by atoms with van der Waals surface area (Å²) in [6.45, 7) is 9.63. The number of esters is 1. The molecular formula is C21H28N4O3. The summed E-state index contributed by atoms with van der Waals surface area (Å²) in [4.78, 5) is 24.5. The third-order valence-corrected chi connectivity index (χ3v) is 4.91. The molecule has 2 heterocycles. The molecule has 7 nitrogen and oxygen atoms in total. The van der Waals surface area contributed by atoms with Crippen LogP contribution in [0.15, 0.2) is 24.4 Å². The number of anilines is 1. The molecule has 1 aliphatic rings. The van der Waals surface area contributed by atoms with E-state index < -0.39 is 18.0 Å². The van der Waals surface area contributed by atoms with Crippen LogP contribution in [0.2, 0.25) is 0 Å². The number of hydrogen-bond donors (Lipinski definition) is 1. The predicted molar refractivity (Wildman–Crippen MR) is 108 cm³/mol. The molecule has 1 aliphatic carbocycles. The molecule has 150 valence electrons. The zero-order valence-electron chi connectivity index (χ0n) is 17.1. The van der Waals surface area contributed by atoms with Crippen molar-refractivity contribution < 1.29 is 14.3 Å². The van der Waals surface area contributed by atoms with Crippen molar-refractivity contribution in [3.05, 3.63) is 41.4 Å². The molecule has 1 atom stereocenters. The minimum absolute atomic E-state index is 0.112. The first-order chi connectivity index (χ1) is 13.3. The molecule has 0 spiro atoms. The fourth-order valence-corrected chi connectivity index (χ4v) is 3.34. The van der Waals surface area contributed by atoms with Crippen LogP contribution in [0.25, 0.3) is 6.08 Å². The maximum Gasteiger partial charge on any atom is 0.331 e. The van der Waals surface area contributed by atoms with Crippen LogP contribution in [0.5, 0.6) is 0 Å². The van der Waals surface area contributed by atoms with Gasteiger partial charge in [0.15, 0.2) is 6.10 Å². The van der Waals surface area contributed by atoms with Crippen LogP contribution in [-0.4, -0.2) is 32.3 Å². The Kier molecular flexibility index (Phi) is 5.72. The molecule has 0 unspecified atom stereocenters. The number of rotatable bonds is 7. The zero-order valence-corrected chi connectivity index (χ0v) is 17.1. The second-order valence-corrected chi connectivity index (χ2v) is 7.58. The highest BCUT2D eigenvalue weighted by molar-refractivity contribution is 5.96. The van der Waals surface area contributed by atoms with E-state index in [1.54, 1.807) is 29.9 Å². The number of nitrogens with zero attached hydrogens (tertiary/aromatic N) is 3. The smallest absolute Gasteiger partial charge is 0.331 e. The van der Waals surface area contributed by atoms with Gasteiger partial charge in [-0.3, -0.25) is 4.79 Å². The number of aryl methyl sites for hydroxylation is 1. The quantitative estimate of drug-likeness (QED) is 0.582. The number of ether oxygens (including phenoxy) is 1. The van der Waals surface area contributed by atoms with Crippen molar-refractivity contribution in [2.75, 3.05) is 5.32 Å². The predicted octanol–water partition coefficient (Wildman–Crippen LogP) is 3.80. The van der Waals surface area contributed by atoms with Crippen LogP contribution < -0.4 is 5.32 Å². The number of nitrogens with one attached hydrogen (secondary N) is 1. The summed E-state index contributed by atoms with van der Waals surface area (Å²) in [5.74, 6) is -0.363. The van der Waals surface area contributed by atoms with Crippen LogP contribution in [0.4, 0.5) is 5.82 Å². The molecule has 1 saturated carbocycles. The van der Waals surface area contributed by atoms with Crippen LogP contribution in [0.1, 0.15) is 62.6 Å². The number of carbonyl (C=O) groups excluding carboxylic acids is 2. The Labute approximate surface area is 165 Å². The molecule has 1 amide bonds. The lowest BCUT2D eigenvalue weighted by molar-refractivity contribution is -0.148. The molecule has 1 fully saturated rings. The molecular weight excluding hydrogens is 356 g/mol. The summed E-state index contributed by atoms with van der Waals surface area (Å²) >= 11 is 0. The van der Waals surface area contributed by atoms with Gasteiger partial charge in [-0.25, -0.2) is 9.48 Å². The van der Waals surface area contributed by atoms with Crippen LogP contribution in [-0.2, 0) is 14.3 Å². The summed E-state index contributed by atoms with van der Waals surface area (Å²) in [6.07, 6.45) is 6.26. The lowest BCUT2D eigenvalue weighted by atomic mass is 10.2. The van der Waals surface area contributed by atoms with Gasteiger partial charge in [0, 0.05) is 35.6 Å². The van der Waals surface area contributed by atoms with Gasteiger partial charge in [0.2, 0.25) is 0 Å². The SMILES string of the molecule is Cc1cc(/C=C/C(=O)O[C@@H](C)C(=O)Nc2ccnn2C(C)C)c(C)n1C1CC1. The second kappa shape index (κ2) is 8.04. The van der Waals surface area contributed by atoms with Crippen molar-refractivity contribution in [1.82, 2.24) is 14.3 Å². The van der Waals surface area contributed by atoms with Gasteiger partial charge in [-0.1, -0.05) is 0 Å². The third kappa shape index (κ3) is 4.35. The second-order valence-electron chi connectivity index (χ2n) is 7.58. The fourth-order valence-electron chi connectivity index (χ4n) is 3.34. The molecule has 7 heteroatoms. The Morgan fingerprint density at radius 1 is 1.29 bits per heavy atom. The van der Waals surface area contributed by atoms with Crippen molar-refractivity contribution >= 4 is 23.8 Å². The summed E-state index contributed by atoms with van der Waals surface area (Å²) in [5.41, 5.74) is 3.35. The first kappa shape index (κ1) is 19.9. The Morgan fingerprint density at radius 3 is 2.64 bits per heavy atom. The maximum atomic E-state index is 12.3. The molecule has 0 aliphatic heterocycles. The van der Waals surface area contributed by atoms with Gasteiger partial charge in [0.25, 0.3) is 5.91 Å². The van der Waals surface area contributed by atoms with E-state index in [9.17, 15) is 9.59 Å². The lowest BCUT2D eigenvalue weighted by Gasteiger charge is -2.15. The Balaban J connectivity index is 1.58. The first-order valence-corrected chi connectivity index (χ1v) is 9.69. The summed E-state index contributed by atoms with van der Waals surface area (Å²) < 4.78 is 9.26. The van der Waals surface area contributed by atoms with Gasteiger partial charge in [-0.2, -0.15) is 5.10 Å². The molecule has 28 heavy (non-hydrogen) atoms. The summed E-state index contributed by atoms with van der Waals surface area (Å²) in [5, 5.41) is 6.91. The zero-order chi connectivity index (χ0) is 20.4. The highest BCUT2D eigenvalue weighted by atomic mass is 16.5. The largest absolute Gasteiger partial charge is 0.449 e. The molecule has 0 bridgehead atoms. The Bertz CT molecular complexity index is 903. The number of aromatic nitrogens is 3. The van der Waals surface area contributed by atoms with Crippen molar-refractivity contribution in [2.24, 2.45) is 0 Å². The van der Waals surface area contributed by atoms with E-state index in [1.165, 1.54) is 24.6 Å². The highest BCUT2D eigenvalue weighted by Gasteiger charge is 2.26. The normalized spacial score (nSPS) is 15.2. The third-order valence-electron chi connectivity index (χ3n) is 4.91. The summed E-state index contributed by atoms with van der Waals surface area (Å²) in [7, 11) is 0. The molecule has 0 radical (unpaired) electrons. The molecule has 0 saturated heterocycles. The molecule has 2 aromatic rings. The van der Waals surface area contributed by atoms with Crippen molar-refractivity contribution in [3.63, 3.8) is 0 Å². The van der Waals surface area contributed by atoms with Crippen molar-refractivity contribution in [3.8, 4) is 0 Å². The van der Waals surface area contributed by atoms with E-state index in [4.69, 9.17) is 4.74 Å². The molecule has 3 rings (SSSR count). The number of carbonyl (C=O) groups is 2. The minimum Gasteiger partial charge on any atom is -0.449 e. The number of hydrogen-bond acceptors (Lipinski definition) is 4. The summed E-state index contributed by atoms with van der Waals surface area (Å²) in [6, 6.07) is 4.49. The Morgan fingerprint density at radius 2 is 2.00 bits per heavy atom. The van der Waals surface area contributed by atoms with E-state index >= 15 is 0 Å². The first-order valence-electron chi connectivity index (χ1n) is 9.69. The Hall–Kier alpha value is -2.83. The number of amides is 1. The lowest BCUT2D eigenvalue weighted by Crippen LogP contribution is -2.30. The van der Waals surface area contributed by atoms with E-state index in [-0.39, 0.29) is 6.04 Å². The van der Waals surface area contributed by atoms with Gasteiger partial charge in [-0.15, -0.1) is 0 Å². The molecule has 1 N–H and O–H groups in total. The van der Waals surface area contributed by atoms with Crippen LogP contribution in [0, 0.1) is 13.8 Å². The van der Waals surface area contributed by atoms with Gasteiger partial charge >= 0.3 is 5.97 Å². The van der Waals surface area contributed by atoms with Crippen LogP contribution in [0.3, 0.4) is 0 Å². The van der Waals surface area contributed by atoms with Gasteiger partial charge in [-0.05, 0) is 65.2 Å². The standard InChI is InChI=1S/C21H28N4O3/c1-13(2)25-19(10-11-22-25)23-21(27)16(5)28-20(26)9-6-17-12-14(3)24(15(17)4)18-7-8-18/h6,9-13,16,18H,7-8H2,1-5H3,(H,23,27)/b9-6+/t16-/m0/s1. The fraction of sp³-hybridized carbons (Fsp3) is 0.476. The van der Waals surface area contributed by atoms with Crippen molar-refractivity contribution in [1.29, 1.82) is 0 Å². The molecule has 2 aromatic heterocycles. The van der Waals surface area contributed by atoms with E-state index in [0.29, 0.717) is 11.9 Å². The van der Waals surface area contributed by atoms with E-state index in [1.807, 2.05) is 13.8 Å².